The number of nitrogens with one attached hydrogen (secondary N) is 1. The third kappa shape index (κ3) is 4.16. The van der Waals surface area contributed by atoms with E-state index in [1.165, 1.54) is 17.3 Å². The van der Waals surface area contributed by atoms with Crippen LogP contribution < -0.4 is 5.32 Å². The normalized spacial score (nSPS) is 10.3. The highest BCUT2D eigenvalue weighted by Crippen LogP contribution is 2.29. The van der Waals surface area contributed by atoms with Crippen molar-refractivity contribution in [3.05, 3.63) is 66.4 Å². The summed E-state index contributed by atoms with van der Waals surface area (Å²) in [6, 6.07) is 18.4. The van der Waals surface area contributed by atoms with Crippen molar-refractivity contribution in [1.82, 2.24) is 14.9 Å². The van der Waals surface area contributed by atoms with Crippen molar-refractivity contribution < 1.29 is 4.79 Å². The van der Waals surface area contributed by atoms with Gasteiger partial charge in [-0.25, -0.2) is 4.98 Å². The number of aryl methyl sites for hydroxylation is 1. The maximum Gasteiger partial charge on any atom is 0.231 e. The Kier molecular flexibility index (Phi) is 5.77. The summed E-state index contributed by atoms with van der Waals surface area (Å²) in [4.78, 5) is 16.4. The highest BCUT2D eigenvalue weighted by Gasteiger charge is 2.15. The Bertz CT molecular complexity index is 924. The number of hydrogen-bond donors (Lipinski definition) is 1. The summed E-state index contributed by atoms with van der Waals surface area (Å²) in [6.07, 6.45) is 7.02. The van der Waals surface area contributed by atoms with Gasteiger partial charge < -0.3 is 5.32 Å². The third-order valence-electron chi connectivity index (χ3n) is 3.81. The fourth-order valence-electron chi connectivity index (χ4n) is 2.52. The van der Waals surface area contributed by atoms with Gasteiger partial charge in [-0.05, 0) is 19.1 Å². The maximum absolute atomic E-state index is 11.9. The van der Waals surface area contributed by atoms with Gasteiger partial charge in [-0.2, -0.15) is 0 Å². The number of carbonyl (C=O) groups excluding carboxylic acids is 1. The number of amides is 1. The molecule has 4 nitrogen and oxygen atoms in total. The molecule has 0 fully saturated rings. The number of imidazole rings is 1. The molecule has 1 amide bonds. The van der Waals surface area contributed by atoms with E-state index in [0.29, 0.717) is 0 Å². The lowest BCUT2D eigenvalue weighted by molar-refractivity contribution is -0.118. The molecular formula is C21H19N3OS. The molecule has 0 aliphatic rings. The summed E-state index contributed by atoms with van der Waals surface area (Å²) < 4.78 is 2.08. The number of nitrogens with zero attached hydrogens (tertiary/aromatic N) is 2. The quantitative estimate of drug-likeness (QED) is 0.538. The summed E-state index contributed by atoms with van der Waals surface area (Å²) in [7, 11) is 0. The molecule has 3 rings (SSSR count). The zero-order valence-electron chi connectivity index (χ0n) is 14.5. The molecule has 0 saturated heterocycles. The molecule has 0 radical (unpaired) electrons. The van der Waals surface area contributed by atoms with Crippen molar-refractivity contribution in [3.8, 4) is 29.3 Å². The van der Waals surface area contributed by atoms with Crippen LogP contribution in [0.3, 0.4) is 0 Å². The molecule has 1 N–H and O–H groups in total. The summed E-state index contributed by atoms with van der Waals surface area (Å²) >= 11 is 1.39. The Morgan fingerprint density at radius 1 is 1.19 bits per heavy atom. The molecule has 1 aromatic heterocycles. The predicted molar refractivity (Wildman–Crippen MR) is 106 cm³/mol. The number of benzene rings is 2. The molecule has 0 saturated carbocycles. The molecule has 3 aromatic rings. The van der Waals surface area contributed by atoms with Gasteiger partial charge in [0, 0.05) is 11.3 Å². The van der Waals surface area contributed by atoms with Crippen LogP contribution in [0, 0.1) is 19.3 Å². The van der Waals surface area contributed by atoms with Crippen LogP contribution in [-0.2, 0) is 4.79 Å². The second-order valence-electron chi connectivity index (χ2n) is 5.73. The van der Waals surface area contributed by atoms with E-state index in [2.05, 4.69) is 64.1 Å². The highest BCUT2D eigenvalue weighted by atomic mass is 32.2. The maximum atomic E-state index is 11.9. The van der Waals surface area contributed by atoms with Gasteiger partial charge in [-0.15, -0.1) is 6.42 Å². The van der Waals surface area contributed by atoms with Crippen LogP contribution in [0.4, 0.5) is 0 Å². The molecule has 2 aromatic carbocycles. The topological polar surface area (TPSA) is 46.9 Å². The first kappa shape index (κ1) is 17.8. The zero-order chi connectivity index (χ0) is 18.4. The lowest BCUT2D eigenvalue weighted by Gasteiger charge is -2.12. The number of rotatable bonds is 6. The van der Waals surface area contributed by atoms with Crippen LogP contribution in [0.5, 0.6) is 0 Å². The van der Waals surface area contributed by atoms with Crippen LogP contribution in [0.25, 0.3) is 16.9 Å². The Morgan fingerprint density at radius 2 is 1.92 bits per heavy atom. The van der Waals surface area contributed by atoms with E-state index in [4.69, 9.17) is 6.42 Å². The van der Waals surface area contributed by atoms with Gasteiger partial charge in [0.2, 0.25) is 5.91 Å². The fourth-order valence-corrected chi connectivity index (χ4v) is 3.35. The first-order valence-corrected chi connectivity index (χ1v) is 9.21. The molecule has 0 bridgehead atoms. The molecule has 1 heterocycles. The van der Waals surface area contributed by atoms with Gasteiger partial charge in [0.15, 0.2) is 5.16 Å². The van der Waals surface area contributed by atoms with E-state index in [-0.39, 0.29) is 18.2 Å². The van der Waals surface area contributed by atoms with Gasteiger partial charge >= 0.3 is 0 Å². The Balaban J connectivity index is 1.94. The van der Waals surface area contributed by atoms with Gasteiger partial charge in [-0.1, -0.05) is 65.7 Å². The van der Waals surface area contributed by atoms with Crippen molar-refractivity contribution in [2.24, 2.45) is 0 Å². The minimum Gasteiger partial charge on any atom is -0.344 e. The lowest BCUT2D eigenvalue weighted by atomic mass is 10.1. The molecule has 0 aliphatic carbocycles. The fraction of sp³-hybridized carbons (Fsp3) is 0.143. The number of hydrogen-bond acceptors (Lipinski definition) is 3. The summed E-state index contributed by atoms with van der Waals surface area (Å²) in [5.74, 6) is 2.56. The predicted octanol–water partition coefficient (Wildman–Crippen LogP) is 3.69. The van der Waals surface area contributed by atoms with E-state index >= 15 is 0 Å². The SMILES string of the molecule is C#CCNC(=O)CSc1ncc(-c2ccccc2)n1-c1ccc(C)cc1. The van der Waals surface area contributed by atoms with Crippen molar-refractivity contribution in [2.45, 2.75) is 12.1 Å². The van der Waals surface area contributed by atoms with Crippen molar-refractivity contribution in [1.29, 1.82) is 0 Å². The van der Waals surface area contributed by atoms with Crippen molar-refractivity contribution >= 4 is 17.7 Å². The van der Waals surface area contributed by atoms with Crippen LogP contribution in [0.1, 0.15) is 5.56 Å². The van der Waals surface area contributed by atoms with Gasteiger partial charge in [-0.3, -0.25) is 9.36 Å². The van der Waals surface area contributed by atoms with Crippen LogP contribution in [-0.4, -0.2) is 27.8 Å². The Morgan fingerprint density at radius 3 is 2.62 bits per heavy atom. The average molecular weight is 361 g/mol. The van der Waals surface area contributed by atoms with E-state index in [9.17, 15) is 4.79 Å². The van der Waals surface area contributed by atoms with Crippen LogP contribution >= 0.6 is 11.8 Å². The van der Waals surface area contributed by atoms with Gasteiger partial charge in [0.25, 0.3) is 0 Å². The van der Waals surface area contributed by atoms with Crippen molar-refractivity contribution in [2.75, 3.05) is 12.3 Å². The Labute approximate surface area is 157 Å². The highest BCUT2D eigenvalue weighted by molar-refractivity contribution is 7.99. The number of thioether (sulfide) groups is 1. The standard InChI is InChI=1S/C21H19N3OS/c1-3-13-22-20(25)15-26-21-23-14-19(17-7-5-4-6-8-17)24(21)18-11-9-16(2)10-12-18/h1,4-12,14H,13,15H2,2H3,(H,22,25). The second kappa shape index (κ2) is 8.41. The minimum atomic E-state index is -0.104. The van der Waals surface area contributed by atoms with E-state index in [1.54, 1.807) is 0 Å². The molecule has 0 aliphatic heterocycles. The summed E-state index contributed by atoms with van der Waals surface area (Å²) in [5, 5.41) is 3.44. The first-order valence-electron chi connectivity index (χ1n) is 8.22. The average Bonchev–Trinajstić information content (AvgIpc) is 3.10. The molecule has 0 atom stereocenters. The van der Waals surface area contributed by atoms with Crippen LogP contribution in [0.15, 0.2) is 66.0 Å². The third-order valence-corrected chi connectivity index (χ3v) is 4.76. The Hall–Kier alpha value is -2.97. The van der Waals surface area contributed by atoms with Gasteiger partial charge in [0.05, 0.1) is 24.2 Å². The molecule has 5 heteroatoms. The van der Waals surface area contributed by atoms with E-state index in [0.717, 1.165) is 22.1 Å². The van der Waals surface area contributed by atoms with E-state index < -0.39 is 0 Å². The summed E-state index contributed by atoms with van der Waals surface area (Å²) in [5.41, 5.74) is 4.27. The van der Waals surface area contributed by atoms with Crippen LogP contribution in [0.2, 0.25) is 0 Å². The number of aromatic nitrogens is 2. The minimum absolute atomic E-state index is 0.104. The number of carbonyl (C=O) groups is 1. The lowest BCUT2D eigenvalue weighted by Crippen LogP contribution is -2.25. The van der Waals surface area contributed by atoms with E-state index in [1.807, 2.05) is 24.4 Å². The summed E-state index contributed by atoms with van der Waals surface area (Å²) in [6.45, 7) is 2.29. The smallest absolute Gasteiger partial charge is 0.231 e. The zero-order valence-corrected chi connectivity index (χ0v) is 15.3. The van der Waals surface area contributed by atoms with Crippen molar-refractivity contribution in [3.63, 3.8) is 0 Å². The largest absolute Gasteiger partial charge is 0.344 e. The molecule has 0 unspecified atom stereocenters. The number of terminal acetylenes is 1. The first-order chi connectivity index (χ1) is 12.7. The molecular weight excluding hydrogens is 342 g/mol. The molecule has 26 heavy (non-hydrogen) atoms. The monoisotopic (exact) mass is 361 g/mol. The molecule has 130 valence electrons. The molecule has 0 spiro atoms. The van der Waals surface area contributed by atoms with Gasteiger partial charge in [0.1, 0.15) is 0 Å². The second-order valence-corrected chi connectivity index (χ2v) is 6.68.